The molecule has 7 heteroatoms. The fourth-order valence-electron chi connectivity index (χ4n) is 3.59. The lowest BCUT2D eigenvalue weighted by Crippen LogP contribution is -2.39. The molecule has 1 N–H and O–H groups in total. The van der Waals surface area contributed by atoms with Crippen molar-refractivity contribution in [2.24, 2.45) is 0 Å². The van der Waals surface area contributed by atoms with E-state index in [2.05, 4.69) is 15.5 Å². The van der Waals surface area contributed by atoms with Crippen LogP contribution in [0.15, 0.2) is 29.2 Å². The van der Waals surface area contributed by atoms with Gasteiger partial charge in [0.05, 0.1) is 11.4 Å². The van der Waals surface area contributed by atoms with E-state index in [9.17, 15) is 13.2 Å². The van der Waals surface area contributed by atoms with Gasteiger partial charge in [-0.3, -0.25) is 9.69 Å². The lowest BCUT2D eigenvalue weighted by Gasteiger charge is -2.25. The molecule has 2 heterocycles. The molecular weight excluding hydrogens is 338 g/mol. The summed E-state index contributed by atoms with van der Waals surface area (Å²) >= 11 is 0. The molecule has 134 valence electrons. The predicted molar refractivity (Wildman–Crippen MR) is 95.6 cm³/mol. The minimum absolute atomic E-state index is 0.0610. The predicted octanol–water partition coefficient (Wildman–Crippen LogP) is 0.908. The van der Waals surface area contributed by atoms with Crippen LogP contribution in [0.1, 0.15) is 29.6 Å². The van der Waals surface area contributed by atoms with Crippen LogP contribution in [0.4, 0.5) is 0 Å². The molecule has 0 radical (unpaired) electrons. The van der Waals surface area contributed by atoms with Crippen LogP contribution in [-0.4, -0.2) is 62.9 Å². The molecule has 1 aromatic carbocycles. The topological polar surface area (TPSA) is 69.7 Å². The maximum atomic E-state index is 12.9. The highest BCUT2D eigenvalue weighted by molar-refractivity contribution is 7.89. The number of fused-ring (bicyclic) bond motifs is 1. The minimum atomic E-state index is -3.70. The van der Waals surface area contributed by atoms with E-state index in [-0.39, 0.29) is 17.3 Å². The van der Waals surface area contributed by atoms with E-state index in [1.807, 2.05) is 4.90 Å². The summed E-state index contributed by atoms with van der Waals surface area (Å²) in [6, 6.07) is 6.59. The van der Waals surface area contributed by atoms with Gasteiger partial charge in [-0.15, -0.1) is 6.42 Å². The molecule has 6 nitrogen and oxygen atoms in total. The molecule has 2 saturated heterocycles. The Kier molecular flexibility index (Phi) is 5.42. The Bertz CT molecular complexity index is 785. The van der Waals surface area contributed by atoms with Crippen LogP contribution < -0.4 is 4.72 Å². The van der Waals surface area contributed by atoms with Gasteiger partial charge >= 0.3 is 0 Å². The third-order valence-corrected chi connectivity index (χ3v) is 6.25. The highest BCUT2D eigenvalue weighted by Crippen LogP contribution is 2.23. The van der Waals surface area contributed by atoms with Crippen molar-refractivity contribution in [3.05, 3.63) is 29.8 Å². The SMILES string of the molecule is C#CCNS(=O)(=O)c1cccc(C(=O)N2CCCN3CCCC3C2)c1. The molecule has 1 amide bonds. The molecule has 0 saturated carbocycles. The average Bonchev–Trinajstić information content (AvgIpc) is 2.96. The highest BCUT2D eigenvalue weighted by atomic mass is 32.2. The lowest BCUT2D eigenvalue weighted by molar-refractivity contribution is 0.0743. The van der Waals surface area contributed by atoms with E-state index >= 15 is 0 Å². The van der Waals surface area contributed by atoms with Crippen molar-refractivity contribution in [2.75, 3.05) is 32.7 Å². The first-order valence-corrected chi connectivity index (χ1v) is 10.1. The molecule has 1 aromatic rings. The van der Waals surface area contributed by atoms with E-state index in [1.54, 1.807) is 12.1 Å². The van der Waals surface area contributed by atoms with E-state index in [4.69, 9.17) is 6.42 Å². The van der Waals surface area contributed by atoms with Crippen LogP contribution in [0.25, 0.3) is 0 Å². The van der Waals surface area contributed by atoms with Crippen molar-refractivity contribution in [1.82, 2.24) is 14.5 Å². The van der Waals surface area contributed by atoms with Crippen molar-refractivity contribution in [1.29, 1.82) is 0 Å². The largest absolute Gasteiger partial charge is 0.337 e. The molecular formula is C18H23N3O3S. The number of terminal acetylenes is 1. The Morgan fingerprint density at radius 3 is 2.88 bits per heavy atom. The third kappa shape index (κ3) is 4.03. The molecule has 2 aliphatic rings. The first-order valence-electron chi connectivity index (χ1n) is 8.58. The second-order valence-electron chi connectivity index (χ2n) is 6.49. The smallest absolute Gasteiger partial charge is 0.253 e. The van der Waals surface area contributed by atoms with Gasteiger partial charge in [-0.1, -0.05) is 12.0 Å². The fourth-order valence-corrected chi connectivity index (χ4v) is 4.57. The van der Waals surface area contributed by atoms with Crippen LogP contribution in [0.2, 0.25) is 0 Å². The van der Waals surface area contributed by atoms with Crippen LogP contribution in [0.3, 0.4) is 0 Å². The van der Waals surface area contributed by atoms with E-state index in [0.717, 1.165) is 25.9 Å². The number of benzene rings is 1. The van der Waals surface area contributed by atoms with Gasteiger partial charge in [0.25, 0.3) is 5.91 Å². The van der Waals surface area contributed by atoms with Crippen molar-refractivity contribution < 1.29 is 13.2 Å². The van der Waals surface area contributed by atoms with Gasteiger partial charge in [0.2, 0.25) is 10.0 Å². The molecule has 2 aliphatic heterocycles. The van der Waals surface area contributed by atoms with Crippen LogP contribution in [-0.2, 0) is 10.0 Å². The highest BCUT2D eigenvalue weighted by Gasteiger charge is 2.31. The molecule has 1 unspecified atom stereocenters. The van der Waals surface area contributed by atoms with Crippen molar-refractivity contribution in [3.8, 4) is 12.3 Å². The summed E-state index contributed by atoms with van der Waals surface area (Å²) in [5.74, 6) is 2.13. The number of carbonyl (C=O) groups is 1. The number of nitrogens with zero attached hydrogens (tertiary/aromatic N) is 2. The fraction of sp³-hybridized carbons (Fsp3) is 0.500. The van der Waals surface area contributed by atoms with E-state index in [1.165, 1.54) is 18.6 Å². The zero-order chi connectivity index (χ0) is 17.9. The first-order chi connectivity index (χ1) is 12.0. The number of hydrogen-bond donors (Lipinski definition) is 1. The van der Waals surface area contributed by atoms with E-state index < -0.39 is 10.0 Å². The van der Waals surface area contributed by atoms with Gasteiger partial charge in [-0.05, 0) is 44.0 Å². The summed E-state index contributed by atoms with van der Waals surface area (Å²) < 4.78 is 26.7. The standard InChI is InChI=1S/C18H23N3O3S/c1-2-9-19-25(23,24)17-8-3-6-15(13-17)18(22)21-12-5-11-20-10-4-7-16(20)14-21/h1,3,6,8,13,16,19H,4-5,7,9-12,14H2. The molecule has 0 bridgehead atoms. The number of rotatable bonds is 4. The van der Waals surface area contributed by atoms with Gasteiger partial charge in [0, 0.05) is 31.2 Å². The van der Waals surface area contributed by atoms with Crippen molar-refractivity contribution >= 4 is 15.9 Å². The Morgan fingerprint density at radius 1 is 1.28 bits per heavy atom. The molecule has 2 fully saturated rings. The van der Waals surface area contributed by atoms with Crippen molar-refractivity contribution in [3.63, 3.8) is 0 Å². The Balaban J connectivity index is 1.78. The zero-order valence-corrected chi connectivity index (χ0v) is 15.0. The van der Waals surface area contributed by atoms with Crippen molar-refractivity contribution in [2.45, 2.75) is 30.2 Å². The zero-order valence-electron chi connectivity index (χ0n) is 14.1. The second-order valence-corrected chi connectivity index (χ2v) is 8.26. The maximum Gasteiger partial charge on any atom is 0.253 e. The van der Waals surface area contributed by atoms with Gasteiger partial charge < -0.3 is 4.90 Å². The summed E-state index contributed by atoms with van der Waals surface area (Å²) in [5.41, 5.74) is 0.398. The van der Waals surface area contributed by atoms with Gasteiger partial charge in [0.1, 0.15) is 0 Å². The van der Waals surface area contributed by atoms with Gasteiger partial charge in [-0.2, -0.15) is 4.72 Å². The molecule has 3 rings (SSSR count). The first kappa shape index (κ1) is 17.9. The van der Waals surface area contributed by atoms with Gasteiger partial charge in [-0.25, -0.2) is 8.42 Å². The normalized spacial score (nSPS) is 21.4. The molecule has 0 aliphatic carbocycles. The quantitative estimate of drug-likeness (QED) is 0.810. The Labute approximate surface area is 149 Å². The molecule has 0 aromatic heterocycles. The summed E-state index contributed by atoms with van der Waals surface area (Å²) in [6.07, 6.45) is 8.35. The average molecular weight is 361 g/mol. The van der Waals surface area contributed by atoms with Crippen LogP contribution in [0, 0.1) is 12.3 Å². The van der Waals surface area contributed by atoms with E-state index in [0.29, 0.717) is 24.7 Å². The minimum Gasteiger partial charge on any atom is -0.337 e. The van der Waals surface area contributed by atoms with Crippen LogP contribution >= 0.6 is 0 Å². The number of hydrogen-bond acceptors (Lipinski definition) is 4. The Hall–Kier alpha value is -1.88. The monoisotopic (exact) mass is 361 g/mol. The Morgan fingerprint density at radius 2 is 2.08 bits per heavy atom. The maximum absolute atomic E-state index is 12.9. The number of carbonyl (C=O) groups excluding carboxylic acids is 1. The third-order valence-electron chi connectivity index (χ3n) is 4.85. The lowest BCUT2D eigenvalue weighted by atomic mass is 10.1. The molecule has 0 spiro atoms. The van der Waals surface area contributed by atoms with Crippen LogP contribution in [0.5, 0.6) is 0 Å². The summed E-state index contributed by atoms with van der Waals surface area (Å²) in [7, 11) is -3.70. The molecule has 25 heavy (non-hydrogen) atoms. The second kappa shape index (κ2) is 7.56. The number of sulfonamides is 1. The number of nitrogens with one attached hydrogen (secondary N) is 1. The summed E-state index contributed by atoms with van der Waals surface area (Å²) in [6.45, 7) is 3.48. The summed E-state index contributed by atoms with van der Waals surface area (Å²) in [4.78, 5) is 17.3. The number of amides is 1. The van der Waals surface area contributed by atoms with Gasteiger partial charge in [0.15, 0.2) is 0 Å². The summed E-state index contributed by atoms with van der Waals surface area (Å²) in [5, 5.41) is 0. The molecule has 1 atom stereocenters.